The summed E-state index contributed by atoms with van der Waals surface area (Å²) in [5.74, 6) is 0.708. The van der Waals surface area contributed by atoms with E-state index < -0.39 is 0 Å². The van der Waals surface area contributed by atoms with Crippen LogP contribution in [0.25, 0.3) is 0 Å². The molecule has 3 N–H and O–H groups in total. The number of piperidine rings is 1. The van der Waals surface area contributed by atoms with Gasteiger partial charge in [0.25, 0.3) is 0 Å². The normalized spacial score (nSPS) is 19.3. The molecule has 2 rings (SSSR count). The lowest BCUT2D eigenvalue weighted by atomic mass is 9.91. The molecule has 116 valence electrons. The van der Waals surface area contributed by atoms with Gasteiger partial charge in [-0.3, -0.25) is 4.79 Å². The first-order chi connectivity index (χ1) is 10.1. The van der Waals surface area contributed by atoms with Crippen molar-refractivity contribution in [3.05, 3.63) is 35.9 Å². The SMILES string of the molecule is CNCC1CCN(C(=O)C(C)C(N)c2ccccc2)CC1. The van der Waals surface area contributed by atoms with E-state index in [1.165, 1.54) is 0 Å². The lowest BCUT2D eigenvalue weighted by molar-refractivity contribution is -0.137. The quantitative estimate of drug-likeness (QED) is 0.868. The Balaban J connectivity index is 1.91. The molecule has 2 atom stereocenters. The molecule has 1 saturated heterocycles. The first kappa shape index (κ1) is 16.0. The second-order valence-electron chi connectivity index (χ2n) is 6.05. The molecule has 0 spiro atoms. The smallest absolute Gasteiger partial charge is 0.227 e. The highest BCUT2D eigenvalue weighted by atomic mass is 16.2. The van der Waals surface area contributed by atoms with E-state index in [-0.39, 0.29) is 17.9 Å². The maximum Gasteiger partial charge on any atom is 0.227 e. The van der Waals surface area contributed by atoms with Crippen molar-refractivity contribution in [1.29, 1.82) is 0 Å². The number of benzene rings is 1. The second-order valence-corrected chi connectivity index (χ2v) is 6.05. The summed E-state index contributed by atoms with van der Waals surface area (Å²) in [4.78, 5) is 14.6. The van der Waals surface area contributed by atoms with Crippen molar-refractivity contribution in [2.75, 3.05) is 26.7 Å². The summed E-state index contributed by atoms with van der Waals surface area (Å²) in [6.07, 6.45) is 2.17. The molecule has 0 saturated carbocycles. The molecule has 0 aromatic heterocycles. The van der Waals surface area contributed by atoms with Crippen LogP contribution in [0.5, 0.6) is 0 Å². The Kier molecular flexibility index (Phi) is 5.76. The van der Waals surface area contributed by atoms with Gasteiger partial charge in [0.15, 0.2) is 0 Å². The highest BCUT2D eigenvalue weighted by Gasteiger charge is 2.29. The fourth-order valence-electron chi connectivity index (χ4n) is 3.05. The minimum Gasteiger partial charge on any atom is -0.342 e. The van der Waals surface area contributed by atoms with Gasteiger partial charge in [0.2, 0.25) is 5.91 Å². The molecule has 0 aliphatic carbocycles. The maximum absolute atomic E-state index is 12.6. The molecule has 1 aromatic rings. The number of hydrogen-bond acceptors (Lipinski definition) is 3. The Labute approximate surface area is 127 Å². The van der Waals surface area contributed by atoms with Crippen LogP contribution in [0.4, 0.5) is 0 Å². The lowest BCUT2D eigenvalue weighted by Gasteiger charge is -2.34. The van der Waals surface area contributed by atoms with Crippen molar-refractivity contribution in [3.8, 4) is 0 Å². The lowest BCUT2D eigenvalue weighted by Crippen LogP contribution is -2.44. The Morgan fingerprint density at radius 3 is 2.52 bits per heavy atom. The number of amides is 1. The zero-order valence-electron chi connectivity index (χ0n) is 13.1. The number of nitrogens with zero attached hydrogens (tertiary/aromatic N) is 1. The highest BCUT2D eigenvalue weighted by Crippen LogP contribution is 2.24. The van der Waals surface area contributed by atoms with E-state index in [0.717, 1.165) is 38.0 Å². The van der Waals surface area contributed by atoms with Crippen LogP contribution in [-0.2, 0) is 4.79 Å². The van der Waals surface area contributed by atoms with E-state index in [4.69, 9.17) is 5.73 Å². The van der Waals surface area contributed by atoms with Crippen LogP contribution in [-0.4, -0.2) is 37.5 Å². The monoisotopic (exact) mass is 289 g/mol. The Morgan fingerprint density at radius 2 is 1.95 bits per heavy atom. The standard InChI is InChI=1S/C17H27N3O/c1-13(16(18)15-6-4-3-5-7-15)17(21)20-10-8-14(9-11-20)12-19-2/h3-7,13-14,16,19H,8-12,18H2,1-2H3. The van der Waals surface area contributed by atoms with Crippen LogP contribution in [0.1, 0.15) is 31.4 Å². The van der Waals surface area contributed by atoms with Gasteiger partial charge in [0, 0.05) is 19.1 Å². The maximum atomic E-state index is 12.6. The molecule has 1 aliphatic rings. The van der Waals surface area contributed by atoms with Gasteiger partial charge < -0.3 is 16.0 Å². The number of rotatable bonds is 5. The van der Waals surface area contributed by atoms with E-state index in [2.05, 4.69) is 5.32 Å². The molecule has 21 heavy (non-hydrogen) atoms. The summed E-state index contributed by atoms with van der Waals surface area (Å²) >= 11 is 0. The van der Waals surface area contributed by atoms with Crippen molar-refractivity contribution in [3.63, 3.8) is 0 Å². The number of carbonyl (C=O) groups excluding carboxylic acids is 1. The second kappa shape index (κ2) is 7.57. The molecule has 1 aromatic carbocycles. The van der Waals surface area contributed by atoms with E-state index in [9.17, 15) is 4.79 Å². The van der Waals surface area contributed by atoms with E-state index in [0.29, 0.717) is 5.92 Å². The van der Waals surface area contributed by atoms with Gasteiger partial charge >= 0.3 is 0 Å². The Bertz CT molecular complexity index is 441. The topological polar surface area (TPSA) is 58.4 Å². The summed E-state index contributed by atoms with van der Waals surface area (Å²) in [5.41, 5.74) is 7.29. The van der Waals surface area contributed by atoms with Gasteiger partial charge in [0.1, 0.15) is 0 Å². The molecule has 0 radical (unpaired) electrons. The zero-order valence-corrected chi connectivity index (χ0v) is 13.1. The van der Waals surface area contributed by atoms with Crippen molar-refractivity contribution < 1.29 is 4.79 Å². The molecular weight excluding hydrogens is 262 g/mol. The van der Waals surface area contributed by atoms with Gasteiger partial charge in [-0.1, -0.05) is 37.3 Å². The minimum absolute atomic E-state index is 0.173. The van der Waals surface area contributed by atoms with Crippen LogP contribution >= 0.6 is 0 Å². The van der Waals surface area contributed by atoms with Crippen LogP contribution in [0.3, 0.4) is 0 Å². The fraction of sp³-hybridized carbons (Fsp3) is 0.588. The van der Waals surface area contributed by atoms with E-state index >= 15 is 0 Å². The predicted molar refractivity (Wildman–Crippen MR) is 85.8 cm³/mol. The summed E-state index contributed by atoms with van der Waals surface area (Å²) in [5, 5.41) is 3.22. The summed E-state index contributed by atoms with van der Waals surface area (Å²) in [7, 11) is 1.98. The number of carbonyl (C=O) groups is 1. The Morgan fingerprint density at radius 1 is 1.33 bits per heavy atom. The van der Waals surface area contributed by atoms with Crippen LogP contribution in [0.15, 0.2) is 30.3 Å². The average molecular weight is 289 g/mol. The van der Waals surface area contributed by atoms with E-state index in [1.54, 1.807) is 0 Å². The number of nitrogens with two attached hydrogens (primary N) is 1. The Hall–Kier alpha value is -1.39. The molecule has 1 fully saturated rings. The predicted octanol–water partition coefficient (Wildman–Crippen LogP) is 1.78. The summed E-state index contributed by atoms with van der Waals surface area (Å²) in [6, 6.07) is 9.66. The third-order valence-corrected chi connectivity index (χ3v) is 4.53. The molecule has 0 bridgehead atoms. The molecule has 1 aliphatic heterocycles. The zero-order chi connectivity index (χ0) is 15.2. The van der Waals surface area contributed by atoms with Gasteiger partial charge in [-0.05, 0) is 37.9 Å². The molecule has 1 heterocycles. The van der Waals surface area contributed by atoms with Crippen molar-refractivity contribution >= 4 is 5.91 Å². The van der Waals surface area contributed by atoms with Crippen molar-refractivity contribution in [1.82, 2.24) is 10.2 Å². The molecule has 4 nitrogen and oxygen atoms in total. The van der Waals surface area contributed by atoms with Crippen molar-refractivity contribution in [2.45, 2.75) is 25.8 Å². The number of nitrogens with one attached hydrogen (secondary N) is 1. The first-order valence-electron chi connectivity index (χ1n) is 7.87. The van der Waals surface area contributed by atoms with Gasteiger partial charge in [-0.2, -0.15) is 0 Å². The van der Waals surface area contributed by atoms with E-state index in [1.807, 2.05) is 49.2 Å². The van der Waals surface area contributed by atoms with Gasteiger partial charge in [-0.15, -0.1) is 0 Å². The third-order valence-electron chi connectivity index (χ3n) is 4.53. The van der Waals surface area contributed by atoms with Crippen LogP contribution in [0.2, 0.25) is 0 Å². The van der Waals surface area contributed by atoms with Crippen LogP contribution < -0.4 is 11.1 Å². The highest BCUT2D eigenvalue weighted by molar-refractivity contribution is 5.79. The van der Waals surface area contributed by atoms with Gasteiger partial charge in [0.05, 0.1) is 5.92 Å². The van der Waals surface area contributed by atoms with Crippen LogP contribution in [0, 0.1) is 11.8 Å². The molecule has 4 heteroatoms. The number of likely N-dealkylation sites (tertiary alicyclic amines) is 1. The minimum atomic E-state index is -0.228. The molecule has 1 amide bonds. The third kappa shape index (κ3) is 4.05. The molecule has 2 unspecified atom stereocenters. The van der Waals surface area contributed by atoms with Crippen molar-refractivity contribution in [2.24, 2.45) is 17.6 Å². The van der Waals surface area contributed by atoms with Gasteiger partial charge in [-0.25, -0.2) is 0 Å². The fourth-order valence-corrected chi connectivity index (χ4v) is 3.05. The largest absolute Gasteiger partial charge is 0.342 e. The summed E-state index contributed by atoms with van der Waals surface area (Å²) in [6.45, 7) is 4.70. The first-order valence-corrected chi connectivity index (χ1v) is 7.87. The summed E-state index contributed by atoms with van der Waals surface area (Å²) < 4.78 is 0. The molecular formula is C17H27N3O. The average Bonchev–Trinajstić information content (AvgIpc) is 2.54. The number of hydrogen-bond donors (Lipinski definition) is 2.